The number of rotatable bonds is 12. The van der Waals surface area contributed by atoms with Gasteiger partial charge in [0.15, 0.2) is 0 Å². The molecular formula is C47H57BrN8O8. The zero-order valence-electron chi connectivity index (χ0n) is 37.5. The van der Waals surface area contributed by atoms with Crippen LogP contribution in [-0.2, 0) is 30.4 Å². The van der Waals surface area contributed by atoms with Gasteiger partial charge in [-0.3, -0.25) is 9.59 Å². The molecule has 2 aromatic heterocycles. The number of aromatic amines is 2. The van der Waals surface area contributed by atoms with E-state index < -0.39 is 24.3 Å². The first-order chi connectivity index (χ1) is 30.7. The average molecular weight is 942 g/mol. The monoisotopic (exact) mass is 940 g/mol. The fraction of sp³-hybridized carbons (Fsp3) is 0.489. The molecule has 0 unspecified atom stereocenters. The van der Waals surface area contributed by atoms with Gasteiger partial charge < -0.3 is 49.3 Å². The summed E-state index contributed by atoms with van der Waals surface area (Å²) in [5.41, 5.74) is 6.40. The number of benzene rings is 3. The molecule has 7 atom stereocenters. The number of carbonyl (C=O) groups is 4. The Kier molecular flexibility index (Phi) is 12.9. The van der Waals surface area contributed by atoms with Gasteiger partial charge in [0.2, 0.25) is 11.8 Å². The molecule has 3 aliphatic heterocycles. The summed E-state index contributed by atoms with van der Waals surface area (Å²) < 4.78 is 22.3. The van der Waals surface area contributed by atoms with Crippen LogP contribution >= 0.6 is 15.9 Å². The molecular weight excluding hydrogens is 884 g/mol. The number of hydrogen-bond donors (Lipinski definition) is 4. The third-order valence-corrected chi connectivity index (χ3v) is 13.9. The zero-order valence-corrected chi connectivity index (χ0v) is 39.1. The predicted molar refractivity (Wildman–Crippen MR) is 244 cm³/mol. The molecule has 0 bridgehead atoms. The van der Waals surface area contributed by atoms with Crippen LogP contribution in [0.3, 0.4) is 0 Å². The summed E-state index contributed by atoms with van der Waals surface area (Å²) in [5.74, 6) is 1.60. The summed E-state index contributed by atoms with van der Waals surface area (Å²) in [6.07, 6.45) is 1.60. The number of fused-ring (bicyclic) bond motifs is 6. The van der Waals surface area contributed by atoms with Crippen LogP contribution in [0, 0.1) is 17.8 Å². The van der Waals surface area contributed by atoms with Crippen molar-refractivity contribution < 1.29 is 38.1 Å². The molecule has 0 spiro atoms. The Labute approximate surface area is 380 Å². The number of aromatic nitrogens is 4. The van der Waals surface area contributed by atoms with Crippen LogP contribution in [0.2, 0.25) is 0 Å². The molecule has 16 nitrogen and oxygen atoms in total. The fourth-order valence-electron chi connectivity index (χ4n) is 9.66. The Morgan fingerprint density at radius 2 is 1.62 bits per heavy atom. The lowest BCUT2D eigenvalue weighted by molar-refractivity contribution is -0.137. The van der Waals surface area contributed by atoms with Gasteiger partial charge in [0.05, 0.1) is 49.6 Å². The average Bonchev–Trinajstić information content (AvgIpc) is 4.10. The van der Waals surface area contributed by atoms with Crippen molar-refractivity contribution in [2.24, 2.45) is 17.8 Å². The number of methoxy groups -OCH3 is 3. The molecule has 5 aromatic rings. The highest BCUT2D eigenvalue weighted by atomic mass is 79.9. The Morgan fingerprint density at radius 3 is 2.33 bits per heavy atom. The number of nitrogens with one attached hydrogen (secondary N) is 4. The van der Waals surface area contributed by atoms with Crippen molar-refractivity contribution in [3.8, 4) is 28.1 Å². The van der Waals surface area contributed by atoms with Gasteiger partial charge in [-0.05, 0) is 94.7 Å². The quantitative estimate of drug-likeness (QED) is 0.0949. The van der Waals surface area contributed by atoms with Crippen LogP contribution in [0.15, 0.2) is 47.1 Å². The lowest BCUT2D eigenvalue weighted by atomic mass is 9.92. The second kappa shape index (κ2) is 18.4. The van der Waals surface area contributed by atoms with Crippen molar-refractivity contribution in [2.45, 2.75) is 97.1 Å². The first-order valence-electron chi connectivity index (χ1n) is 22.0. The molecule has 3 aliphatic rings. The molecule has 340 valence electrons. The van der Waals surface area contributed by atoms with Crippen molar-refractivity contribution in [3.05, 3.63) is 64.3 Å². The first kappa shape index (κ1) is 44.9. The minimum absolute atomic E-state index is 0.0339. The number of likely N-dealkylation sites (tertiary alicyclic amines) is 2. The van der Waals surface area contributed by atoms with Gasteiger partial charge in [-0.25, -0.2) is 19.6 Å². The minimum atomic E-state index is -0.756. The summed E-state index contributed by atoms with van der Waals surface area (Å²) >= 11 is 3.71. The molecule has 4 amide bonds. The SMILES string of the molecule is CC[C@H](C)[C@H](NC(=O)OC)C(=O)N1C[C@@H](COC)C[C@H]1c1nc(Br)c(-c2ccc3c(c2)COc2cc4c(ccc5nc([C@@H]6CC[C@H](C)N6C(=O)[C@@H](NC(=O)OC)C(C)C)[nH]c54)cc2-3)[nH]1. The van der Waals surface area contributed by atoms with Gasteiger partial charge in [-0.2, -0.15) is 0 Å². The van der Waals surface area contributed by atoms with E-state index in [-0.39, 0.29) is 47.7 Å². The molecule has 17 heteroatoms. The van der Waals surface area contributed by atoms with E-state index in [0.29, 0.717) is 48.9 Å². The van der Waals surface area contributed by atoms with Gasteiger partial charge in [-0.15, -0.1) is 0 Å². The van der Waals surface area contributed by atoms with E-state index in [1.54, 1.807) is 7.11 Å². The number of ether oxygens (including phenoxy) is 4. The summed E-state index contributed by atoms with van der Waals surface area (Å²) in [7, 11) is 4.24. The molecule has 2 fully saturated rings. The lowest BCUT2D eigenvalue weighted by Crippen LogP contribution is -2.52. The number of H-pyrrole nitrogens is 2. The molecule has 5 heterocycles. The third-order valence-electron chi connectivity index (χ3n) is 13.3. The number of amides is 4. The van der Waals surface area contributed by atoms with E-state index in [0.717, 1.165) is 68.3 Å². The molecule has 3 aromatic carbocycles. The third kappa shape index (κ3) is 8.39. The van der Waals surface area contributed by atoms with Gasteiger partial charge in [-0.1, -0.05) is 52.3 Å². The molecule has 2 saturated heterocycles. The van der Waals surface area contributed by atoms with E-state index >= 15 is 0 Å². The Bertz CT molecular complexity index is 2590. The second-order valence-corrected chi connectivity index (χ2v) is 18.5. The van der Waals surface area contributed by atoms with Crippen LogP contribution in [0.1, 0.15) is 89.6 Å². The molecule has 0 aliphatic carbocycles. The Morgan fingerprint density at radius 1 is 0.891 bits per heavy atom. The number of imidazole rings is 2. The molecule has 0 saturated carbocycles. The van der Waals surface area contributed by atoms with Crippen molar-refractivity contribution in [3.63, 3.8) is 0 Å². The number of alkyl carbamates (subject to hydrolysis) is 2. The van der Waals surface area contributed by atoms with E-state index in [9.17, 15) is 19.2 Å². The largest absolute Gasteiger partial charge is 0.488 e. The van der Waals surface area contributed by atoms with Gasteiger partial charge in [0, 0.05) is 42.1 Å². The van der Waals surface area contributed by atoms with Gasteiger partial charge in [0.1, 0.15) is 40.7 Å². The van der Waals surface area contributed by atoms with Gasteiger partial charge in [0.25, 0.3) is 0 Å². The summed E-state index contributed by atoms with van der Waals surface area (Å²) in [6, 6.07) is 12.4. The Hall–Kier alpha value is -5.68. The molecule has 8 rings (SSSR count). The summed E-state index contributed by atoms with van der Waals surface area (Å²) in [6.45, 7) is 11.1. The molecule has 0 radical (unpaired) electrons. The maximum atomic E-state index is 14.2. The number of nitrogens with zero attached hydrogens (tertiary/aromatic N) is 4. The lowest BCUT2D eigenvalue weighted by Gasteiger charge is -2.32. The second-order valence-electron chi connectivity index (χ2n) is 17.7. The van der Waals surface area contributed by atoms with E-state index in [2.05, 4.69) is 72.9 Å². The predicted octanol–water partition coefficient (Wildman–Crippen LogP) is 8.17. The fourth-order valence-corrected chi connectivity index (χ4v) is 10.2. The maximum absolute atomic E-state index is 14.2. The normalized spacial score (nSPS) is 20.7. The highest BCUT2D eigenvalue weighted by molar-refractivity contribution is 9.10. The molecule has 4 N–H and O–H groups in total. The number of halogens is 1. The first-order valence-corrected chi connectivity index (χ1v) is 22.8. The van der Waals surface area contributed by atoms with Crippen LogP contribution in [0.5, 0.6) is 5.75 Å². The van der Waals surface area contributed by atoms with E-state index in [1.165, 1.54) is 14.2 Å². The van der Waals surface area contributed by atoms with Gasteiger partial charge >= 0.3 is 12.2 Å². The van der Waals surface area contributed by atoms with Crippen molar-refractivity contribution in [1.82, 2.24) is 40.4 Å². The Balaban J connectivity index is 1.07. The van der Waals surface area contributed by atoms with Crippen LogP contribution in [0.25, 0.3) is 44.2 Å². The van der Waals surface area contributed by atoms with Crippen molar-refractivity contribution in [2.75, 3.05) is 34.5 Å². The van der Waals surface area contributed by atoms with Crippen LogP contribution < -0.4 is 15.4 Å². The smallest absolute Gasteiger partial charge is 0.407 e. The van der Waals surface area contributed by atoms with E-state index in [1.807, 2.05) is 50.5 Å². The summed E-state index contributed by atoms with van der Waals surface area (Å²) in [5, 5.41) is 7.49. The zero-order chi connectivity index (χ0) is 45.6. The van der Waals surface area contributed by atoms with Crippen LogP contribution in [0.4, 0.5) is 9.59 Å². The number of carbonyl (C=O) groups excluding carboxylic acids is 4. The standard InChI is InChI=1S/C47H57BrN8O8/c1-9-24(4)38(53-47(60)63-8)44(57)55-20-26(21-61-6)16-35(55)43-50-39(41(48)54-43)28-11-13-30-29(17-28)22-64-36-19-31-27(18-32(30)36)12-14-33-40(31)51-42(49-33)34-15-10-25(5)56(34)45(58)37(23(2)3)52-46(59)62-7/h11-14,17-19,23-26,34-35,37-38H,9-10,15-16,20-22H2,1-8H3,(H,49,51)(H,50,54)(H,52,59)(H,53,60)/t24-,25-,26-,34-,35-,37-,38-/m0/s1. The van der Waals surface area contributed by atoms with Crippen molar-refractivity contribution >= 4 is 61.7 Å². The minimum Gasteiger partial charge on any atom is -0.488 e. The summed E-state index contributed by atoms with van der Waals surface area (Å²) in [4.78, 5) is 73.4. The maximum Gasteiger partial charge on any atom is 0.407 e. The highest BCUT2D eigenvalue weighted by Gasteiger charge is 2.43. The van der Waals surface area contributed by atoms with E-state index in [4.69, 9.17) is 28.9 Å². The van der Waals surface area contributed by atoms with Crippen LogP contribution in [-0.4, -0.2) is 106 Å². The highest BCUT2D eigenvalue weighted by Crippen LogP contribution is 2.45. The van der Waals surface area contributed by atoms with Crippen molar-refractivity contribution in [1.29, 1.82) is 0 Å². The number of hydrogen-bond acceptors (Lipinski definition) is 10. The topological polar surface area (TPSA) is 193 Å². The molecule has 64 heavy (non-hydrogen) atoms.